The lowest BCUT2D eigenvalue weighted by molar-refractivity contribution is 0.0250. The third kappa shape index (κ3) is 4.85. The van der Waals surface area contributed by atoms with Crippen molar-refractivity contribution in [2.45, 2.75) is 31.5 Å². The third-order valence-corrected chi connectivity index (χ3v) is 8.71. The Morgan fingerprint density at radius 3 is 2.76 bits per heavy atom. The molecule has 0 radical (unpaired) electrons. The van der Waals surface area contributed by atoms with Crippen LogP contribution in [0.5, 0.6) is 0 Å². The minimum absolute atomic E-state index is 0.0195. The first kappa shape index (κ1) is 27.6. The third-order valence-electron chi connectivity index (χ3n) is 8.71. The van der Waals surface area contributed by atoms with E-state index in [2.05, 4.69) is 25.3 Å². The van der Waals surface area contributed by atoms with E-state index in [9.17, 15) is 9.90 Å². The van der Waals surface area contributed by atoms with Crippen molar-refractivity contribution in [1.29, 1.82) is 0 Å². The molecule has 0 bridgehead atoms. The number of H-pyrrole nitrogens is 1. The van der Waals surface area contributed by atoms with Crippen molar-refractivity contribution < 1.29 is 14.2 Å². The molecule has 6 aromatic rings. The number of aliphatic hydroxyl groups is 1. The van der Waals surface area contributed by atoms with Crippen LogP contribution in [0, 0.1) is 5.82 Å². The molecule has 45 heavy (non-hydrogen) atoms. The Bertz CT molecular complexity index is 2150. The van der Waals surface area contributed by atoms with Crippen molar-refractivity contribution in [3.8, 4) is 28.2 Å². The standard InChI is InChI=1S/C34H30FN7O3/c35-25-13-21(18-4-5-18)12-19-8-10-42(33(44)30(19)25)28-3-1-2-22(24(28)17-43)31-23-14-27(39-32(23)41-34(36)40-31)20-6-7-26(38-15-20)29-16-37-9-11-45-29/h1-3,6-8,10,12-15,18,29,37,43H,4-5,9,11,16-17H2,(H3,36,39,40,41). The molecule has 5 heterocycles. The average molecular weight is 604 g/mol. The van der Waals surface area contributed by atoms with E-state index in [0.717, 1.165) is 41.9 Å². The highest BCUT2D eigenvalue weighted by molar-refractivity contribution is 5.96. The van der Waals surface area contributed by atoms with Crippen LogP contribution in [0.15, 0.2) is 71.8 Å². The number of anilines is 1. The summed E-state index contributed by atoms with van der Waals surface area (Å²) in [6.07, 6.45) is 5.39. The molecule has 1 aliphatic carbocycles. The molecule has 0 spiro atoms. The van der Waals surface area contributed by atoms with E-state index >= 15 is 4.39 Å². The van der Waals surface area contributed by atoms with E-state index in [4.69, 9.17) is 10.5 Å². The summed E-state index contributed by atoms with van der Waals surface area (Å²) >= 11 is 0. The van der Waals surface area contributed by atoms with Crippen molar-refractivity contribution in [2.24, 2.45) is 0 Å². The fourth-order valence-corrected chi connectivity index (χ4v) is 6.28. The van der Waals surface area contributed by atoms with E-state index in [1.807, 2.05) is 30.3 Å². The molecule has 1 aliphatic heterocycles. The van der Waals surface area contributed by atoms with Crippen LogP contribution in [0.4, 0.5) is 10.3 Å². The molecule has 0 amide bonds. The summed E-state index contributed by atoms with van der Waals surface area (Å²) < 4.78 is 22.5. The highest BCUT2D eigenvalue weighted by Gasteiger charge is 2.26. The number of hydrogen-bond acceptors (Lipinski definition) is 8. The normalized spacial score (nSPS) is 16.9. The molecule has 10 nitrogen and oxygen atoms in total. The Kier molecular flexibility index (Phi) is 6.67. The summed E-state index contributed by atoms with van der Waals surface area (Å²) in [4.78, 5) is 30.6. The van der Waals surface area contributed by atoms with Crippen molar-refractivity contribution in [1.82, 2.24) is 29.8 Å². The number of fused-ring (bicyclic) bond motifs is 2. The molecule has 226 valence electrons. The first-order valence-electron chi connectivity index (χ1n) is 15.0. The van der Waals surface area contributed by atoms with Gasteiger partial charge in [-0.15, -0.1) is 0 Å². The van der Waals surface area contributed by atoms with Gasteiger partial charge in [0.25, 0.3) is 5.56 Å². The lowest BCUT2D eigenvalue weighted by Crippen LogP contribution is -2.33. The summed E-state index contributed by atoms with van der Waals surface area (Å²) in [6, 6.07) is 16.3. The zero-order valence-electron chi connectivity index (χ0n) is 24.3. The van der Waals surface area contributed by atoms with Gasteiger partial charge in [-0.25, -0.2) is 9.37 Å². The Hall–Kier alpha value is -4.97. The first-order valence-corrected chi connectivity index (χ1v) is 15.0. The van der Waals surface area contributed by atoms with Gasteiger partial charge in [0.15, 0.2) is 0 Å². The molecule has 1 unspecified atom stereocenters. The van der Waals surface area contributed by atoms with Gasteiger partial charge in [0.1, 0.15) is 17.6 Å². The molecule has 11 heteroatoms. The number of aromatic amines is 1. The average Bonchev–Trinajstić information content (AvgIpc) is 3.83. The Labute approximate surface area is 256 Å². The Balaban J connectivity index is 1.22. The van der Waals surface area contributed by atoms with E-state index < -0.39 is 18.0 Å². The van der Waals surface area contributed by atoms with Crippen LogP contribution in [0.2, 0.25) is 0 Å². The maximum absolute atomic E-state index is 15.3. The minimum atomic E-state index is -0.536. The second-order valence-corrected chi connectivity index (χ2v) is 11.6. The number of halogens is 1. The smallest absolute Gasteiger partial charge is 0.265 e. The quantitative estimate of drug-likeness (QED) is 0.214. The number of nitrogen functional groups attached to an aromatic ring is 1. The Morgan fingerprint density at radius 1 is 1.11 bits per heavy atom. The summed E-state index contributed by atoms with van der Waals surface area (Å²) in [5.74, 6) is -0.127. The van der Waals surface area contributed by atoms with Gasteiger partial charge in [0.2, 0.25) is 5.95 Å². The van der Waals surface area contributed by atoms with Gasteiger partial charge in [-0.1, -0.05) is 18.2 Å². The fraction of sp³-hybridized carbons (Fsp3) is 0.235. The van der Waals surface area contributed by atoms with Crippen LogP contribution < -0.4 is 16.6 Å². The van der Waals surface area contributed by atoms with E-state index in [1.54, 1.807) is 30.6 Å². The summed E-state index contributed by atoms with van der Waals surface area (Å²) in [5, 5.41) is 15.2. The first-order chi connectivity index (χ1) is 22.0. The van der Waals surface area contributed by atoms with Crippen molar-refractivity contribution in [3.05, 3.63) is 100.0 Å². The molecule has 1 saturated heterocycles. The van der Waals surface area contributed by atoms with E-state index in [-0.39, 0.29) is 17.4 Å². The zero-order valence-corrected chi connectivity index (χ0v) is 24.3. The van der Waals surface area contributed by atoms with Gasteiger partial charge in [-0.2, -0.15) is 4.98 Å². The molecule has 2 aromatic carbocycles. The number of nitrogens with two attached hydrogens (primary N) is 1. The van der Waals surface area contributed by atoms with Gasteiger partial charge in [0.05, 0.1) is 35.7 Å². The molecule has 2 fully saturated rings. The number of morpholine rings is 1. The van der Waals surface area contributed by atoms with Crippen LogP contribution in [-0.2, 0) is 11.3 Å². The van der Waals surface area contributed by atoms with Crippen LogP contribution in [-0.4, -0.2) is 49.3 Å². The molecule has 2 aliphatic rings. The lowest BCUT2D eigenvalue weighted by Gasteiger charge is -2.23. The van der Waals surface area contributed by atoms with Gasteiger partial charge >= 0.3 is 0 Å². The predicted octanol–water partition coefficient (Wildman–Crippen LogP) is 4.74. The van der Waals surface area contributed by atoms with Gasteiger partial charge in [-0.05, 0) is 66.1 Å². The number of benzene rings is 2. The summed E-state index contributed by atoms with van der Waals surface area (Å²) in [5.41, 5.74) is 11.5. The molecular formula is C34H30FN7O3. The Morgan fingerprint density at radius 2 is 2.00 bits per heavy atom. The second kappa shape index (κ2) is 10.9. The number of ether oxygens (including phenoxy) is 1. The van der Waals surface area contributed by atoms with Gasteiger partial charge < -0.3 is 25.9 Å². The molecule has 1 saturated carbocycles. The highest BCUT2D eigenvalue weighted by atomic mass is 19.1. The fourth-order valence-electron chi connectivity index (χ4n) is 6.28. The van der Waals surface area contributed by atoms with Crippen LogP contribution in [0.25, 0.3) is 50.0 Å². The van der Waals surface area contributed by atoms with Crippen molar-refractivity contribution >= 4 is 27.8 Å². The monoisotopic (exact) mass is 603 g/mol. The topological polar surface area (TPSA) is 144 Å². The summed E-state index contributed by atoms with van der Waals surface area (Å²) in [7, 11) is 0. The van der Waals surface area contributed by atoms with E-state index in [1.165, 1.54) is 10.6 Å². The SMILES string of the molecule is Nc1nc(-c2cccc(-n3ccc4cc(C5CC5)cc(F)c4c3=O)c2CO)c2cc(-c3ccc(C4CNCCO4)nc3)[nH]c2n1. The number of nitrogens with one attached hydrogen (secondary N) is 2. The predicted molar refractivity (Wildman–Crippen MR) is 169 cm³/mol. The molecule has 1 atom stereocenters. The van der Waals surface area contributed by atoms with E-state index in [0.29, 0.717) is 58.0 Å². The molecule has 8 rings (SSSR count). The zero-order chi connectivity index (χ0) is 30.7. The highest BCUT2D eigenvalue weighted by Crippen LogP contribution is 2.41. The second-order valence-electron chi connectivity index (χ2n) is 11.6. The van der Waals surface area contributed by atoms with Gasteiger partial charge in [0, 0.05) is 53.3 Å². The lowest BCUT2D eigenvalue weighted by atomic mass is 10.00. The number of nitrogens with zero attached hydrogens (tertiary/aromatic N) is 4. The number of aromatic nitrogens is 5. The maximum atomic E-state index is 15.3. The van der Waals surface area contributed by atoms with Gasteiger partial charge in [-0.3, -0.25) is 14.3 Å². The number of aliphatic hydroxyl groups excluding tert-OH is 1. The van der Waals surface area contributed by atoms with Crippen LogP contribution in [0.3, 0.4) is 0 Å². The van der Waals surface area contributed by atoms with Crippen LogP contribution in [0.1, 0.15) is 41.7 Å². The molecular weight excluding hydrogens is 573 g/mol. The summed E-state index contributed by atoms with van der Waals surface area (Å²) in [6.45, 7) is 1.79. The number of rotatable bonds is 6. The van der Waals surface area contributed by atoms with Crippen LogP contribution >= 0.6 is 0 Å². The van der Waals surface area contributed by atoms with Crippen molar-refractivity contribution in [3.63, 3.8) is 0 Å². The molecule has 4 aromatic heterocycles. The minimum Gasteiger partial charge on any atom is -0.392 e. The number of pyridine rings is 2. The molecule has 5 N–H and O–H groups in total. The maximum Gasteiger partial charge on any atom is 0.265 e. The number of hydrogen-bond donors (Lipinski definition) is 4. The largest absolute Gasteiger partial charge is 0.392 e. The van der Waals surface area contributed by atoms with Crippen molar-refractivity contribution in [2.75, 3.05) is 25.4 Å².